The molecule has 0 aliphatic carbocycles. The van der Waals surface area contributed by atoms with Gasteiger partial charge in [0, 0.05) is 19.5 Å². The van der Waals surface area contributed by atoms with Gasteiger partial charge in [0.25, 0.3) is 0 Å². The maximum Gasteiger partial charge on any atom is 0.222 e. The lowest BCUT2D eigenvalue weighted by atomic mass is 10.1. The van der Waals surface area contributed by atoms with E-state index in [0.717, 1.165) is 43.0 Å². The molecule has 0 aliphatic heterocycles. The highest BCUT2D eigenvalue weighted by Crippen LogP contribution is 2.28. The van der Waals surface area contributed by atoms with Crippen molar-refractivity contribution in [3.63, 3.8) is 0 Å². The summed E-state index contributed by atoms with van der Waals surface area (Å²) in [5.74, 6) is 1.70. The van der Waals surface area contributed by atoms with Crippen molar-refractivity contribution in [2.24, 2.45) is 0 Å². The molecule has 0 saturated carbocycles. The molecule has 1 rings (SSSR count). The van der Waals surface area contributed by atoms with E-state index in [1.807, 2.05) is 36.9 Å². The molecule has 0 aromatic heterocycles. The number of aryl methyl sites for hydroxylation is 1. The molecule has 0 unspecified atom stereocenters. The summed E-state index contributed by atoms with van der Waals surface area (Å²) < 4.78 is 10.5. The van der Waals surface area contributed by atoms with Crippen molar-refractivity contribution in [2.45, 2.75) is 33.1 Å². The number of rotatable bonds is 8. The van der Waals surface area contributed by atoms with Gasteiger partial charge in [-0.1, -0.05) is 6.07 Å². The average Bonchev–Trinajstić information content (AvgIpc) is 2.48. The Balaban J connectivity index is 2.52. The Bertz CT molecular complexity index is 428. The molecule has 0 N–H and O–H groups in total. The Labute approximate surface area is 121 Å². The number of carbonyl (C=O) groups is 1. The SMILES string of the molecule is CCN(CC)C(=O)CCCc1ccc(OC)c(OC)c1. The van der Waals surface area contributed by atoms with E-state index in [4.69, 9.17) is 9.47 Å². The van der Waals surface area contributed by atoms with Crippen LogP contribution in [0.5, 0.6) is 11.5 Å². The lowest BCUT2D eigenvalue weighted by Crippen LogP contribution is -2.30. The number of methoxy groups -OCH3 is 2. The minimum atomic E-state index is 0.232. The number of hydrogen-bond acceptors (Lipinski definition) is 3. The van der Waals surface area contributed by atoms with Gasteiger partial charge in [0.2, 0.25) is 5.91 Å². The van der Waals surface area contributed by atoms with Gasteiger partial charge in [0.15, 0.2) is 11.5 Å². The van der Waals surface area contributed by atoms with Crippen molar-refractivity contribution in [3.05, 3.63) is 23.8 Å². The van der Waals surface area contributed by atoms with Crippen LogP contribution < -0.4 is 9.47 Å². The second kappa shape index (κ2) is 8.46. The summed E-state index contributed by atoms with van der Waals surface area (Å²) in [6.07, 6.45) is 2.31. The first-order valence-electron chi connectivity index (χ1n) is 7.14. The highest BCUT2D eigenvalue weighted by molar-refractivity contribution is 5.76. The summed E-state index contributed by atoms with van der Waals surface area (Å²) in [4.78, 5) is 13.8. The fourth-order valence-electron chi connectivity index (χ4n) is 2.21. The number of carbonyl (C=O) groups excluding carboxylic acids is 1. The largest absolute Gasteiger partial charge is 0.493 e. The Morgan fingerprint density at radius 1 is 1.10 bits per heavy atom. The van der Waals surface area contributed by atoms with Gasteiger partial charge in [0.05, 0.1) is 14.2 Å². The van der Waals surface area contributed by atoms with Crippen molar-refractivity contribution in [3.8, 4) is 11.5 Å². The van der Waals surface area contributed by atoms with Crippen LogP contribution in [0.2, 0.25) is 0 Å². The molecule has 0 saturated heterocycles. The van der Waals surface area contributed by atoms with Gasteiger partial charge in [-0.2, -0.15) is 0 Å². The lowest BCUT2D eigenvalue weighted by Gasteiger charge is -2.18. The van der Waals surface area contributed by atoms with Gasteiger partial charge in [-0.25, -0.2) is 0 Å². The first kappa shape index (κ1) is 16.3. The van der Waals surface area contributed by atoms with Crippen LogP contribution in [-0.4, -0.2) is 38.1 Å². The van der Waals surface area contributed by atoms with Crippen molar-refractivity contribution >= 4 is 5.91 Å². The van der Waals surface area contributed by atoms with E-state index in [1.54, 1.807) is 14.2 Å². The monoisotopic (exact) mass is 279 g/mol. The minimum absolute atomic E-state index is 0.232. The predicted octanol–water partition coefficient (Wildman–Crippen LogP) is 2.89. The molecule has 112 valence electrons. The maximum absolute atomic E-state index is 11.9. The molecule has 0 aliphatic rings. The first-order chi connectivity index (χ1) is 9.65. The van der Waals surface area contributed by atoms with Crippen LogP contribution in [0, 0.1) is 0 Å². The number of nitrogens with zero attached hydrogens (tertiary/aromatic N) is 1. The van der Waals surface area contributed by atoms with E-state index < -0.39 is 0 Å². The third kappa shape index (κ3) is 4.44. The molecule has 0 radical (unpaired) electrons. The highest BCUT2D eigenvalue weighted by Gasteiger charge is 2.09. The summed E-state index contributed by atoms with van der Waals surface area (Å²) >= 11 is 0. The number of benzene rings is 1. The van der Waals surface area contributed by atoms with Crippen LogP contribution in [0.25, 0.3) is 0 Å². The maximum atomic E-state index is 11.9. The van der Waals surface area contributed by atoms with Crippen LogP contribution in [0.4, 0.5) is 0 Å². The Kier molecular flexibility index (Phi) is 6.91. The van der Waals surface area contributed by atoms with Gasteiger partial charge in [-0.15, -0.1) is 0 Å². The Morgan fingerprint density at radius 2 is 1.75 bits per heavy atom. The molecule has 0 spiro atoms. The Hall–Kier alpha value is -1.71. The molecule has 20 heavy (non-hydrogen) atoms. The molecule has 0 atom stereocenters. The third-order valence-corrected chi connectivity index (χ3v) is 3.42. The molecule has 1 aromatic rings. The van der Waals surface area contributed by atoms with E-state index in [9.17, 15) is 4.79 Å². The van der Waals surface area contributed by atoms with Crippen LogP contribution in [0.3, 0.4) is 0 Å². The smallest absolute Gasteiger partial charge is 0.222 e. The molecular formula is C16H25NO3. The molecule has 0 fully saturated rings. The van der Waals surface area contributed by atoms with Gasteiger partial charge in [-0.3, -0.25) is 4.79 Å². The fraction of sp³-hybridized carbons (Fsp3) is 0.562. The van der Waals surface area contributed by atoms with Crippen molar-refractivity contribution in [1.29, 1.82) is 0 Å². The second-order valence-electron chi connectivity index (χ2n) is 4.61. The molecule has 4 nitrogen and oxygen atoms in total. The number of ether oxygens (including phenoxy) is 2. The zero-order chi connectivity index (χ0) is 15.0. The zero-order valence-corrected chi connectivity index (χ0v) is 12.9. The van der Waals surface area contributed by atoms with Gasteiger partial charge >= 0.3 is 0 Å². The molecule has 1 aromatic carbocycles. The van der Waals surface area contributed by atoms with Crippen LogP contribution >= 0.6 is 0 Å². The number of hydrogen-bond donors (Lipinski definition) is 0. The van der Waals surface area contributed by atoms with Crippen LogP contribution in [-0.2, 0) is 11.2 Å². The molecule has 0 heterocycles. The van der Waals surface area contributed by atoms with Gasteiger partial charge in [-0.05, 0) is 44.4 Å². The van der Waals surface area contributed by atoms with Crippen molar-refractivity contribution in [1.82, 2.24) is 4.90 Å². The van der Waals surface area contributed by atoms with Gasteiger partial charge < -0.3 is 14.4 Å². The van der Waals surface area contributed by atoms with Crippen LogP contribution in [0.15, 0.2) is 18.2 Å². The van der Waals surface area contributed by atoms with E-state index in [2.05, 4.69) is 0 Å². The van der Waals surface area contributed by atoms with Gasteiger partial charge in [0.1, 0.15) is 0 Å². The highest BCUT2D eigenvalue weighted by atomic mass is 16.5. The van der Waals surface area contributed by atoms with E-state index in [-0.39, 0.29) is 5.91 Å². The molecule has 1 amide bonds. The van der Waals surface area contributed by atoms with Crippen molar-refractivity contribution in [2.75, 3.05) is 27.3 Å². The first-order valence-corrected chi connectivity index (χ1v) is 7.14. The average molecular weight is 279 g/mol. The molecule has 0 bridgehead atoms. The predicted molar refractivity (Wildman–Crippen MR) is 80.4 cm³/mol. The molecular weight excluding hydrogens is 254 g/mol. The van der Waals surface area contributed by atoms with Crippen molar-refractivity contribution < 1.29 is 14.3 Å². The lowest BCUT2D eigenvalue weighted by molar-refractivity contribution is -0.130. The topological polar surface area (TPSA) is 38.8 Å². The van der Waals surface area contributed by atoms with E-state index in [1.165, 1.54) is 0 Å². The third-order valence-electron chi connectivity index (χ3n) is 3.42. The van der Waals surface area contributed by atoms with E-state index >= 15 is 0 Å². The fourth-order valence-corrected chi connectivity index (χ4v) is 2.21. The standard InChI is InChI=1S/C16H25NO3/c1-5-17(6-2)16(18)9-7-8-13-10-11-14(19-3)15(12-13)20-4/h10-12H,5-9H2,1-4H3. The summed E-state index contributed by atoms with van der Waals surface area (Å²) in [6.45, 7) is 5.59. The minimum Gasteiger partial charge on any atom is -0.493 e. The number of amides is 1. The second-order valence-corrected chi connectivity index (χ2v) is 4.61. The quantitative estimate of drug-likeness (QED) is 0.734. The molecule has 4 heteroatoms. The Morgan fingerprint density at radius 3 is 2.30 bits per heavy atom. The van der Waals surface area contributed by atoms with Crippen LogP contribution in [0.1, 0.15) is 32.3 Å². The van der Waals surface area contributed by atoms with E-state index in [0.29, 0.717) is 6.42 Å². The summed E-state index contributed by atoms with van der Waals surface area (Å²) in [6, 6.07) is 5.89. The summed E-state index contributed by atoms with van der Waals surface area (Å²) in [5, 5.41) is 0. The zero-order valence-electron chi connectivity index (χ0n) is 12.9. The summed E-state index contributed by atoms with van der Waals surface area (Å²) in [5.41, 5.74) is 1.16. The normalized spacial score (nSPS) is 10.2. The summed E-state index contributed by atoms with van der Waals surface area (Å²) in [7, 11) is 3.26.